The average Bonchev–Trinajstić information content (AvgIpc) is 2.84. The quantitative estimate of drug-likeness (QED) is 0.391. The van der Waals surface area contributed by atoms with Crippen molar-refractivity contribution in [2.24, 2.45) is 7.05 Å². The molecule has 2 heterocycles. The first-order valence-electron chi connectivity index (χ1n) is 11.5. The second-order valence-corrected chi connectivity index (χ2v) is 8.81. The number of carbonyl (C=O) groups is 3. The van der Waals surface area contributed by atoms with E-state index in [1.165, 1.54) is 7.11 Å². The van der Waals surface area contributed by atoms with Gasteiger partial charge >= 0.3 is 5.97 Å². The van der Waals surface area contributed by atoms with E-state index >= 15 is 0 Å². The zero-order valence-electron chi connectivity index (χ0n) is 19.3. The second kappa shape index (κ2) is 8.89. The number of esters is 1. The van der Waals surface area contributed by atoms with Gasteiger partial charge in [0.05, 0.1) is 12.7 Å². The van der Waals surface area contributed by atoms with Crippen LogP contribution in [-0.2, 0) is 21.4 Å². The molecule has 7 nitrogen and oxygen atoms in total. The number of nitrogens with zero attached hydrogens (tertiary/aromatic N) is 1. The summed E-state index contributed by atoms with van der Waals surface area (Å²) in [5.74, 6) is 1.03. The molecule has 174 valence electrons. The third-order valence-electron chi connectivity index (χ3n) is 6.58. The third kappa shape index (κ3) is 3.91. The fraction of sp³-hybridized carbons (Fsp3) is 0.333. The average molecular weight is 461 g/mol. The molecule has 1 aromatic heterocycles. The number of hydrogen-bond acceptors (Lipinski definition) is 6. The Morgan fingerprint density at radius 3 is 2.12 bits per heavy atom. The van der Waals surface area contributed by atoms with Crippen LogP contribution in [0.4, 0.5) is 0 Å². The molecule has 34 heavy (non-hydrogen) atoms. The normalized spacial score (nSPS) is 18.3. The van der Waals surface area contributed by atoms with Gasteiger partial charge in [-0.15, -0.1) is 0 Å². The number of aryl methyl sites for hydroxylation is 1. The van der Waals surface area contributed by atoms with Crippen LogP contribution in [0.2, 0.25) is 0 Å². The van der Waals surface area contributed by atoms with Crippen LogP contribution in [0.3, 0.4) is 0 Å². The number of pyridine rings is 1. The Morgan fingerprint density at radius 2 is 1.53 bits per heavy atom. The van der Waals surface area contributed by atoms with Crippen LogP contribution >= 0.6 is 0 Å². The fourth-order valence-electron chi connectivity index (χ4n) is 4.89. The summed E-state index contributed by atoms with van der Waals surface area (Å²) in [4.78, 5) is 38.6. The summed E-state index contributed by atoms with van der Waals surface area (Å²) in [6.45, 7) is 0. The molecule has 1 aromatic carbocycles. The molecule has 0 unspecified atom stereocenters. The molecular formula is C27H26NO6+. The number of benzene rings is 1. The van der Waals surface area contributed by atoms with Crippen molar-refractivity contribution in [1.82, 2.24) is 0 Å². The van der Waals surface area contributed by atoms with Gasteiger partial charge in [0.25, 0.3) is 0 Å². The first kappa shape index (κ1) is 22.1. The smallest absolute Gasteiger partial charge is 0.344 e. The standard InChI is InChI=1S/C27H26NO6/c1-28-13-11-16(12-14-28)27(31)34-20-10-9-17(15-23(20)32-2)24-25-18(29)5-3-7-21(25)33-22-8-4-6-19(30)26(22)24/h9-15,24H,3-8H2,1-2H3/q+1. The lowest BCUT2D eigenvalue weighted by Gasteiger charge is -2.36. The summed E-state index contributed by atoms with van der Waals surface area (Å²) < 4.78 is 19.1. The van der Waals surface area contributed by atoms with E-state index in [4.69, 9.17) is 14.2 Å². The number of Topliss-reactive ketones (excluding diaryl/α,β-unsaturated/α-hetero) is 2. The molecule has 0 fully saturated rings. The zero-order valence-corrected chi connectivity index (χ0v) is 19.3. The van der Waals surface area contributed by atoms with Gasteiger partial charge in [-0.25, -0.2) is 9.36 Å². The third-order valence-corrected chi connectivity index (χ3v) is 6.58. The summed E-state index contributed by atoms with van der Waals surface area (Å²) in [7, 11) is 3.36. The maximum atomic E-state index is 13.0. The zero-order chi connectivity index (χ0) is 23.8. The Balaban J connectivity index is 1.53. The van der Waals surface area contributed by atoms with E-state index in [-0.39, 0.29) is 17.3 Å². The molecular weight excluding hydrogens is 434 g/mol. The molecule has 0 atom stereocenters. The predicted molar refractivity (Wildman–Crippen MR) is 121 cm³/mol. The Bertz CT molecular complexity index is 1210. The van der Waals surface area contributed by atoms with Crippen LogP contribution in [-0.4, -0.2) is 24.6 Å². The molecule has 0 radical (unpaired) electrons. The Morgan fingerprint density at radius 1 is 0.912 bits per heavy atom. The van der Waals surface area contributed by atoms with E-state index in [1.54, 1.807) is 42.7 Å². The maximum absolute atomic E-state index is 13.0. The maximum Gasteiger partial charge on any atom is 0.344 e. The van der Waals surface area contributed by atoms with Gasteiger partial charge in [-0.1, -0.05) is 6.07 Å². The molecule has 0 N–H and O–H groups in total. The van der Waals surface area contributed by atoms with E-state index in [2.05, 4.69) is 0 Å². The molecule has 7 heteroatoms. The van der Waals surface area contributed by atoms with Gasteiger partial charge in [0.1, 0.15) is 18.6 Å². The van der Waals surface area contributed by atoms with Crippen LogP contribution < -0.4 is 14.0 Å². The highest BCUT2D eigenvalue weighted by atomic mass is 16.6. The molecule has 0 saturated heterocycles. The first-order valence-corrected chi connectivity index (χ1v) is 11.5. The van der Waals surface area contributed by atoms with Crippen LogP contribution in [0.5, 0.6) is 11.5 Å². The molecule has 3 aliphatic rings. The topological polar surface area (TPSA) is 82.8 Å². The molecule has 0 amide bonds. The predicted octanol–water partition coefficient (Wildman–Crippen LogP) is 3.87. The number of aromatic nitrogens is 1. The number of ether oxygens (including phenoxy) is 3. The van der Waals surface area contributed by atoms with Crippen molar-refractivity contribution in [1.29, 1.82) is 0 Å². The summed E-state index contributed by atoms with van der Waals surface area (Å²) in [5.41, 5.74) is 2.31. The highest BCUT2D eigenvalue weighted by molar-refractivity contribution is 6.05. The van der Waals surface area contributed by atoms with Gasteiger partial charge in [-0.05, 0) is 30.5 Å². The second-order valence-electron chi connectivity index (χ2n) is 8.81. The van der Waals surface area contributed by atoms with Crippen molar-refractivity contribution in [3.05, 3.63) is 76.5 Å². The lowest BCUT2D eigenvalue weighted by atomic mass is 9.73. The molecule has 0 spiro atoms. The van der Waals surface area contributed by atoms with Crippen molar-refractivity contribution in [2.45, 2.75) is 44.4 Å². The van der Waals surface area contributed by atoms with Crippen molar-refractivity contribution in [2.75, 3.05) is 7.11 Å². The highest BCUT2D eigenvalue weighted by Crippen LogP contribution is 2.48. The number of carbonyl (C=O) groups excluding carboxylic acids is 3. The number of rotatable bonds is 4. The number of allylic oxidation sites excluding steroid dienone is 4. The summed E-state index contributed by atoms with van der Waals surface area (Å²) >= 11 is 0. The van der Waals surface area contributed by atoms with E-state index in [1.807, 2.05) is 11.6 Å². The van der Waals surface area contributed by atoms with Crippen molar-refractivity contribution in [3.8, 4) is 11.5 Å². The summed E-state index contributed by atoms with van der Waals surface area (Å²) in [5, 5.41) is 0. The fourth-order valence-corrected chi connectivity index (χ4v) is 4.89. The lowest BCUT2D eigenvalue weighted by molar-refractivity contribution is -0.671. The van der Waals surface area contributed by atoms with Gasteiger partial charge in [-0.2, -0.15) is 0 Å². The molecule has 0 bridgehead atoms. The highest BCUT2D eigenvalue weighted by Gasteiger charge is 2.42. The van der Waals surface area contributed by atoms with E-state index in [9.17, 15) is 14.4 Å². The Labute approximate surface area is 197 Å². The van der Waals surface area contributed by atoms with Gasteiger partial charge in [-0.3, -0.25) is 9.59 Å². The van der Waals surface area contributed by atoms with Gasteiger partial charge in [0, 0.05) is 54.9 Å². The van der Waals surface area contributed by atoms with Crippen LogP contribution in [0.15, 0.2) is 65.4 Å². The Kier molecular flexibility index (Phi) is 5.77. The Hall–Kier alpha value is -3.74. The largest absolute Gasteiger partial charge is 0.493 e. The van der Waals surface area contributed by atoms with Gasteiger partial charge in [0.15, 0.2) is 35.5 Å². The number of ketones is 2. The van der Waals surface area contributed by atoms with Crippen LogP contribution in [0.25, 0.3) is 0 Å². The van der Waals surface area contributed by atoms with E-state index in [0.717, 1.165) is 18.4 Å². The minimum Gasteiger partial charge on any atom is -0.493 e. The van der Waals surface area contributed by atoms with E-state index in [0.29, 0.717) is 59.7 Å². The van der Waals surface area contributed by atoms with Crippen molar-refractivity contribution in [3.63, 3.8) is 0 Å². The molecule has 2 aliphatic carbocycles. The number of hydrogen-bond donors (Lipinski definition) is 0. The monoisotopic (exact) mass is 460 g/mol. The first-order chi connectivity index (χ1) is 16.5. The van der Waals surface area contributed by atoms with Crippen LogP contribution in [0.1, 0.15) is 60.4 Å². The van der Waals surface area contributed by atoms with E-state index < -0.39 is 11.9 Å². The van der Waals surface area contributed by atoms with Crippen molar-refractivity contribution < 1.29 is 33.2 Å². The number of methoxy groups -OCH3 is 1. The van der Waals surface area contributed by atoms with Crippen molar-refractivity contribution >= 4 is 17.5 Å². The minimum atomic E-state index is -0.502. The van der Waals surface area contributed by atoms with Crippen LogP contribution in [0, 0.1) is 0 Å². The molecule has 0 saturated carbocycles. The molecule has 5 rings (SSSR count). The minimum absolute atomic E-state index is 0.0166. The lowest BCUT2D eigenvalue weighted by Crippen LogP contribution is -2.30. The SMILES string of the molecule is COc1cc(C2C3=C(CCCC3=O)OC3=C2C(=O)CCC3)ccc1OC(=O)c1cc[n+](C)cc1. The summed E-state index contributed by atoms with van der Waals surface area (Å²) in [6.07, 6.45) is 7.28. The molecule has 2 aromatic rings. The van der Waals surface area contributed by atoms with Gasteiger partial charge < -0.3 is 14.2 Å². The molecule has 1 aliphatic heterocycles. The summed E-state index contributed by atoms with van der Waals surface area (Å²) in [6, 6.07) is 8.56. The van der Waals surface area contributed by atoms with Gasteiger partial charge in [0.2, 0.25) is 0 Å².